The zero-order valence-corrected chi connectivity index (χ0v) is 16.6. The van der Waals surface area contributed by atoms with Crippen molar-refractivity contribution in [2.75, 3.05) is 0 Å². The van der Waals surface area contributed by atoms with Gasteiger partial charge in [-0.05, 0) is 70.8 Å². The minimum absolute atomic E-state index is 0.354. The Kier molecular flexibility index (Phi) is 3.37. The van der Waals surface area contributed by atoms with Gasteiger partial charge in [0.25, 0.3) is 0 Å². The lowest BCUT2D eigenvalue weighted by atomic mass is 9.66. The molecule has 0 aromatic heterocycles. The molecule has 0 radical (unpaired) electrons. The molecule has 0 atom stereocenters. The van der Waals surface area contributed by atoms with Gasteiger partial charge in [-0.15, -0.1) is 0 Å². The topological polar surface area (TPSA) is 9.23 Å². The van der Waals surface area contributed by atoms with E-state index in [0.29, 0.717) is 22.6 Å². The number of ether oxygens (including phenoxy) is 1. The van der Waals surface area contributed by atoms with Crippen molar-refractivity contribution in [2.24, 2.45) is 0 Å². The van der Waals surface area contributed by atoms with E-state index >= 15 is 0 Å². The Labute approximate surface area is 174 Å². The first kappa shape index (κ1) is 16.9. The molecule has 4 aromatic carbocycles. The van der Waals surface area contributed by atoms with E-state index < -0.39 is 5.41 Å². The van der Waals surface area contributed by atoms with Crippen LogP contribution in [0.25, 0.3) is 11.1 Å². The van der Waals surface area contributed by atoms with Crippen LogP contribution in [-0.2, 0) is 5.41 Å². The molecule has 0 amide bonds. The molecule has 29 heavy (non-hydrogen) atoms. The Bertz CT molecular complexity index is 1280. The normalized spacial score (nSPS) is 14.6. The zero-order chi connectivity index (χ0) is 19.8. The molecule has 6 rings (SSSR count). The van der Waals surface area contributed by atoms with Gasteiger partial charge in [-0.2, -0.15) is 0 Å². The molecule has 140 valence electrons. The second-order valence-corrected chi connectivity index (χ2v) is 8.28. The van der Waals surface area contributed by atoms with Crippen LogP contribution in [0.2, 0.25) is 0 Å². The van der Waals surface area contributed by atoms with Gasteiger partial charge in [0, 0.05) is 15.6 Å². The summed E-state index contributed by atoms with van der Waals surface area (Å²) < 4.78 is 36.0. The maximum Gasteiger partial charge on any atom is 0.132 e. The Morgan fingerprint density at radius 1 is 0.621 bits per heavy atom. The summed E-state index contributed by atoms with van der Waals surface area (Å²) in [7, 11) is 0. The molecule has 1 spiro atoms. The van der Waals surface area contributed by atoms with Crippen LogP contribution in [0, 0.1) is 11.6 Å². The quantitative estimate of drug-likeness (QED) is 0.239. The number of halogens is 3. The number of benzene rings is 4. The summed E-state index contributed by atoms with van der Waals surface area (Å²) in [6, 6.07) is 23.3. The van der Waals surface area contributed by atoms with Crippen LogP contribution >= 0.6 is 15.9 Å². The fraction of sp³-hybridized carbons (Fsp3) is 0.0400. The summed E-state index contributed by atoms with van der Waals surface area (Å²) in [5.41, 5.74) is 4.59. The van der Waals surface area contributed by atoms with Crippen LogP contribution < -0.4 is 4.74 Å². The van der Waals surface area contributed by atoms with Crippen molar-refractivity contribution < 1.29 is 13.5 Å². The minimum Gasteiger partial charge on any atom is -0.457 e. The van der Waals surface area contributed by atoms with Crippen LogP contribution in [0.3, 0.4) is 0 Å². The number of fused-ring (bicyclic) bond motifs is 9. The molecule has 4 aromatic rings. The fourth-order valence-corrected chi connectivity index (χ4v) is 5.23. The molecule has 0 N–H and O–H groups in total. The second-order valence-electron chi connectivity index (χ2n) is 7.37. The molecule has 2 aliphatic rings. The van der Waals surface area contributed by atoms with E-state index in [1.807, 2.05) is 30.3 Å². The highest BCUT2D eigenvalue weighted by Gasteiger charge is 2.51. The number of rotatable bonds is 0. The third-order valence-electron chi connectivity index (χ3n) is 5.92. The van der Waals surface area contributed by atoms with E-state index in [1.54, 1.807) is 12.1 Å². The molecule has 0 unspecified atom stereocenters. The van der Waals surface area contributed by atoms with Gasteiger partial charge in [-0.3, -0.25) is 0 Å². The molecule has 0 bridgehead atoms. The lowest BCUT2D eigenvalue weighted by Crippen LogP contribution is -2.32. The maximum atomic E-state index is 14.5. The van der Waals surface area contributed by atoms with E-state index in [1.165, 1.54) is 24.3 Å². The summed E-state index contributed by atoms with van der Waals surface area (Å²) in [6.07, 6.45) is 0. The minimum atomic E-state index is -0.858. The van der Waals surface area contributed by atoms with Crippen LogP contribution in [0.1, 0.15) is 22.3 Å². The average Bonchev–Trinajstić information content (AvgIpc) is 3.00. The van der Waals surface area contributed by atoms with Crippen LogP contribution in [-0.4, -0.2) is 0 Å². The average molecular weight is 447 g/mol. The third kappa shape index (κ3) is 2.12. The van der Waals surface area contributed by atoms with Crippen molar-refractivity contribution in [3.63, 3.8) is 0 Å². The Morgan fingerprint density at radius 2 is 1.24 bits per heavy atom. The second kappa shape index (κ2) is 5.77. The van der Waals surface area contributed by atoms with E-state index in [4.69, 9.17) is 4.74 Å². The summed E-state index contributed by atoms with van der Waals surface area (Å²) >= 11 is 3.59. The lowest BCUT2D eigenvalue weighted by molar-refractivity contribution is 0.430. The van der Waals surface area contributed by atoms with Gasteiger partial charge in [0.1, 0.15) is 23.1 Å². The standard InChI is InChI=1S/C25H13BrF2O/c26-14-5-8-18-17-3-1-2-4-19(17)25(20(18)11-14)21-12-15(27)6-9-23(21)29-24-10-7-16(28)13-22(24)25/h1-13H. The first-order valence-electron chi connectivity index (χ1n) is 9.27. The Morgan fingerprint density at radius 3 is 1.93 bits per heavy atom. The summed E-state index contributed by atoms with van der Waals surface area (Å²) in [5.74, 6) is 0.446. The number of hydrogen-bond donors (Lipinski definition) is 0. The van der Waals surface area contributed by atoms with Gasteiger partial charge in [-0.25, -0.2) is 8.78 Å². The molecule has 0 saturated carbocycles. The largest absolute Gasteiger partial charge is 0.457 e. The number of hydrogen-bond acceptors (Lipinski definition) is 1. The first-order chi connectivity index (χ1) is 14.1. The summed E-state index contributed by atoms with van der Waals surface area (Å²) in [4.78, 5) is 0. The van der Waals surface area contributed by atoms with E-state index in [-0.39, 0.29) is 11.6 Å². The van der Waals surface area contributed by atoms with Gasteiger partial charge in [0.05, 0.1) is 5.41 Å². The maximum absolute atomic E-state index is 14.5. The molecule has 1 heterocycles. The summed E-state index contributed by atoms with van der Waals surface area (Å²) in [6.45, 7) is 0. The van der Waals surface area contributed by atoms with Crippen molar-refractivity contribution in [3.8, 4) is 22.6 Å². The zero-order valence-electron chi connectivity index (χ0n) is 15.0. The van der Waals surface area contributed by atoms with Gasteiger partial charge in [0.2, 0.25) is 0 Å². The van der Waals surface area contributed by atoms with E-state index in [9.17, 15) is 8.78 Å². The van der Waals surface area contributed by atoms with Crippen LogP contribution in [0.15, 0.2) is 83.3 Å². The van der Waals surface area contributed by atoms with Crippen molar-refractivity contribution in [1.29, 1.82) is 0 Å². The van der Waals surface area contributed by atoms with Crippen molar-refractivity contribution >= 4 is 15.9 Å². The third-order valence-corrected chi connectivity index (χ3v) is 6.41. The van der Waals surface area contributed by atoms with Gasteiger partial charge >= 0.3 is 0 Å². The lowest BCUT2D eigenvalue weighted by Gasteiger charge is -2.39. The molecule has 0 fully saturated rings. The van der Waals surface area contributed by atoms with Crippen molar-refractivity contribution in [1.82, 2.24) is 0 Å². The van der Waals surface area contributed by atoms with Gasteiger partial charge in [0.15, 0.2) is 0 Å². The molecular weight excluding hydrogens is 434 g/mol. The van der Waals surface area contributed by atoms with Gasteiger partial charge in [-0.1, -0.05) is 46.3 Å². The Balaban J connectivity index is 1.87. The predicted octanol–water partition coefficient (Wildman–Crippen LogP) is 7.20. The van der Waals surface area contributed by atoms with Gasteiger partial charge < -0.3 is 4.74 Å². The molecule has 0 saturated heterocycles. The predicted molar refractivity (Wildman–Crippen MR) is 111 cm³/mol. The van der Waals surface area contributed by atoms with E-state index in [2.05, 4.69) is 28.1 Å². The van der Waals surface area contributed by atoms with Crippen molar-refractivity contribution in [3.05, 3.63) is 117 Å². The van der Waals surface area contributed by atoms with Crippen LogP contribution in [0.4, 0.5) is 8.78 Å². The molecular formula is C25H13BrF2O. The summed E-state index contributed by atoms with van der Waals surface area (Å²) in [5, 5.41) is 0. The highest BCUT2D eigenvalue weighted by molar-refractivity contribution is 9.10. The van der Waals surface area contributed by atoms with E-state index in [0.717, 1.165) is 26.7 Å². The SMILES string of the molecule is Fc1ccc2c(c1)C1(c3cc(F)ccc3O2)c2ccccc2-c2ccc(Br)cc21. The highest BCUT2D eigenvalue weighted by atomic mass is 79.9. The van der Waals surface area contributed by atoms with Crippen LogP contribution in [0.5, 0.6) is 11.5 Å². The molecule has 1 aliphatic carbocycles. The first-order valence-corrected chi connectivity index (χ1v) is 10.1. The van der Waals surface area contributed by atoms with Crippen molar-refractivity contribution in [2.45, 2.75) is 5.41 Å². The Hall–Kier alpha value is -2.98. The highest BCUT2D eigenvalue weighted by Crippen LogP contribution is 2.62. The fourth-order valence-electron chi connectivity index (χ4n) is 4.86. The molecule has 1 aliphatic heterocycles. The molecule has 4 heteroatoms. The monoisotopic (exact) mass is 446 g/mol. The smallest absolute Gasteiger partial charge is 0.132 e. The molecule has 1 nitrogen and oxygen atoms in total.